The highest BCUT2D eigenvalue weighted by Crippen LogP contribution is 2.35. The van der Waals surface area contributed by atoms with Gasteiger partial charge in [-0.1, -0.05) is 18.2 Å². The van der Waals surface area contributed by atoms with E-state index in [1.807, 2.05) is 24.4 Å². The first-order valence-electron chi connectivity index (χ1n) is 7.27. The lowest BCUT2D eigenvalue weighted by Crippen LogP contribution is -2.23. The van der Waals surface area contributed by atoms with Crippen LogP contribution < -0.4 is 11.1 Å². The van der Waals surface area contributed by atoms with Gasteiger partial charge in [-0.2, -0.15) is 4.98 Å². The Labute approximate surface area is 157 Å². The van der Waals surface area contributed by atoms with E-state index in [0.717, 1.165) is 10.0 Å². The SMILES string of the molecule is C=C(C)[C@H](N)Cc1oc2c(NCc3cccs3)nc(Cl)nc2c1Br. The van der Waals surface area contributed by atoms with E-state index < -0.39 is 0 Å². The summed E-state index contributed by atoms with van der Waals surface area (Å²) in [4.78, 5) is 9.71. The van der Waals surface area contributed by atoms with E-state index in [2.05, 4.69) is 37.8 Å². The average molecular weight is 428 g/mol. The Morgan fingerprint density at radius 2 is 2.33 bits per heavy atom. The van der Waals surface area contributed by atoms with Gasteiger partial charge in [0.25, 0.3) is 0 Å². The van der Waals surface area contributed by atoms with E-state index in [9.17, 15) is 0 Å². The monoisotopic (exact) mass is 426 g/mol. The lowest BCUT2D eigenvalue weighted by molar-refractivity contribution is 0.527. The maximum Gasteiger partial charge on any atom is 0.225 e. The molecule has 0 spiro atoms. The molecule has 126 valence electrons. The highest BCUT2D eigenvalue weighted by molar-refractivity contribution is 9.10. The zero-order chi connectivity index (χ0) is 17.3. The summed E-state index contributed by atoms with van der Waals surface area (Å²) < 4.78 is 6.71. The summed E-state index contributed by atoms with van der Waals surface area (Å²) in [5.74, 6) is 1.27. The van der Waals surface area contributed by atoms with Crippen molar-refractivity contribution >= 4 is 55.8 Å². The molecule has 0 saturated carbocycles. The minimum Gasteiger partial charge on any atom is -0.454 e. The molecule has 3 rings (SSSR count). The number of halogens is 2. The van der Waals surface area contributed by atoms with Gasteiger partial charge in [0.15, 0.2) is 11.4 Å². The number of aromatic nitrogens is 2. The van der Waals surface area contributed by atoms with Crippen molar-refractivity contribution < 1.29 is 4.42 Å². The third-order valence-corrected chi connectivity index (χ3v) is 5.43. The molecule has 1 atom stereocenters. The van der Waals surface area contributed by atoms with Crippen molar-refractivity contribution in [2.24, 2.45) is 5.73 Å². The normalized spacial score (nSPS) is 12.5. The Balaban J connectivity index is 1.95. The summed E-state index contributed by atoms with van der Waals surface area (Å²) in [7, 11) is 0. The molecule has 0 aromatic carbocycles. The fourth-order valence-electron chi connectivity index (χ4n) is 2.18. The van der Waals surface area contributed by atoms with E-state index >= 15 is 0 Å². The summed E-state index contributed by atoms with van der Waals surface area (Å²) >= 11 is 11.3. The minimum absolute atomic E-state index is 0.161. The molecule has 24 heavy (non-hydrogen) atoms. The van der Waals surface area contributed by atoms with Gasteiger partial charge in [-0.05, 0) is 45.9 Å². The van der Waals surface area contributed by atoms with E-state index in [0.29, 0.717) is 35.6 Å². The molecule has 5 nitrogen and oxygen atoms in total. The lowest BCUT2D eigenvalue weighted by Gasteiger charge is -2.08. The number of hydrogen-bond acceptors (Lipinski definition) is 6. The molecule has 0 aliphatic heterocycles. The number of fused-ring (bicyclic) bond motifs is 1. The van der Waals surface area contributed by atoms with Crippen LogP contribution in [0.1, 0.15) is 17.6 Å². The van der Waals surface area contributed by atoms with Gasteiger partial charge < -0.3 is 15.5 Å². The quantitative estimate of drug-likeness (QED) is 0.438. The highest BCUT2D eigenvalue weighted by Gasteiger charge is 2.20. The van der Waals surface area contributed by atoms with Crippen molar-refractivity contribution in [1.82, 2.24) is 9.97 Å². The fourth-order valence-corrected chi connectivity index (χ4v) is 3.50. The van der Waals surface area contributed by atoms with Crippen molar-refractivity contribution in [1.29, 1.82) is 0 Å². The van der Waals surface area contributed by atoms with Gasteiger partial charge >= 0.3 is 0 Å². The Kier molecular flexibility index (Phi) is 5.24. The number of furan rings is 1. The first kappa shape index (κ1) is 17.4. The van der Waals surface area contributed by atoms with Crippen molar-refractivity contribution in [3.63, 3.8) is 0 Å². The molecule has 3 aromatic heterocycles. The molecule has 0 aliphatic rings. The van der Waals surface area contributed by atoms with Crippen LogP contribution in [0, 0.1) is 0 Å². The van der Waals surface area contributed by atoms with Crippen molar-refractivity contribution in [2.75, 3.05) is 5.32 Å². The van der Waals surface area contributed by atoms with Crippen LogP contribution in [0.25, 0.3) is 11.1 Å². The summed E-state index contributed by atoms with van der Waals surface area (Å²) in [6.45, 7) is 6.41. The zero-order valence-corrected chi connectivity index (χ0v) is 16.1. The van der Waals surface area contributed by atoms with Crippen molar-refractivity contribution in [2.45, 2.75) is 25.9 Å². The maximum absolute atomic E-state index is 6.07. The van der Waals surface area contributed by atoms with Gasteiger partial charge in [0.2, 0.25) is 5.28 Å². The first-order chi connectivity index (χ1) is 11.5. The molecule has 0 saturated heterocycles. The van der Waals surface area contributed by atoms with E-state index in [1.54, 1.807) is 11.3 Å². The Morgan fingerprint density at radius 3 is 3.00 bits per heavy atom. The molecule has 0 radical (unpaired) electrons. The molecule has 3 N–H and O–H groups in total. The fraction of sp³-hybridized carbons (Fsp3) is 0.250. The molecule has 3 aromatic rings. The highest BCUT2D eigenvalue weighted by atomic mass is 79.9. The van der Waals surface area contributed by atoms with Crippen LogP contribution >= 0.6 is 38.9 Å². The van der Waals surface area contributed by atoms with E-state index in [4.69, 9.17) is 21.8 Å². The number of anilines is 1. The third kappa shape index (κ3) is 3.64. The Bertz CT molecular complexity index is 878. The van der Waals surface area contributed by atoms with Crippen LogP contribution in [-0.2, 0) is 13.0 Å². The molecule has 0 unspecified atom stereocenters. The number of nitrogens with two attached hydrogens (primary N) is 1. The summed E-state index contributed by atoms with van der Waals surface area (Å²) in [5, 5.41) is 5.45. The second-order valence-corrected chi connectivity index (χ2v) is 7.61. The van der Waals surface area contributed by atoms with Crippen LogP contribution in [-0.4, -0.2) is 16.0 Å². The van der Waals surface area contributed by atoms with Crippen LogP contribution in [0.5, 0.6) is 0 Å². The largest absolute Gasteiger partial charge is 0.454 e. The average Bonchev–Trinajstić information content (AvgIpc) is 3.15. The third-order valence-electron chi connectivity index (χ3n) is 3.56. The van der Waals surface area contributed by atoms with Gasteiger partial charge in [0, 0.05) is 17.3 Å². The van der Waals surface area contributed by atoms with Gasteiger partial charge in [-0.3, -0.25) is 0 Å². The molecular formula is C16H16BrClN4OS. The van der Waals surface area contributed by atoms with E-state index in [-0.39, 0.29) is 11.3 Å². The number of hydrogen-bond donors (Lipinski definition) is 2. The maximum atomic E-state index is 6.07. The second-order valence-electron chi connectivity index (χ2n) is 5.45. The van der Waals surface area contributed by atoms with Gasteiger partial charge in [-0.15, -0.1) is 11.3 Å². The number of nitrogens with one attached hydrogen (secondary N) is 1. The van der Waals surface area contributed by atoms with Crippen LogP contribution in [0.4, 0.5) is 5.82 Å². The predicted octanol–water partition coefficient (Wildman–Crippen LogP) is 4.76. The van der Waals surface area contributed by atoms with Crippen molar-refractivity contribution in [3.05, 3.63) is 50.1 Å². The van der Waals surface area contributed by atoms with Crippen LogP contribution in [0.15, 0.2) is 38.6 Å². The lowest BCUT2D eigenvalue weighted by atomic mass is 10.1. The molecule has 0 bridgehead atoms. The second kappa shape index (κ2) is 7.23. The van der Waals surface area contributed by atoms with Gasteiger partial charge in [0.1, 0.15) is 11.3 Å². The molecule has 0 amide bonds. The smallest absolute Gasteiger partial charge is 0.225 e. The van der Waals surface area contributed by atoms with Crippen LogP contribution in [0.2, 0.25) is 5.28 Å². The van der Waals surface area contributed by atoms with Gasteiger partial charge in [-0.25, -0.2) is 4.98 Å². The van der Waals surface area contributed by atoms with Crippen molar-refractivity contribution in [3.8, 4) is 0 Å². The molecule has 3 heterocycles. The zero-order valence-electron chi connectivity index (χ0n) is 13.0. The number of thiophene rings is 1. The predicted molar refractivity (Wildman–Crippen MR) is 103 cm³/mol. The van der Waals surface area contributed by atoms with E-state index in [1.165, 1.54) is 4.88 Å². The summed E-state index contributed by atoms with van der Waals surface area (Å²) in [6.07, 6.45) is 0.522. The summed E-state index contributed by atoms with van der Waals surface area (Å²) in [6, 6.07) is 3.87. The molecule has 8 heteroatoms. The topological polar surface area (TPSA) is 77.0 Å². The molecular weight excluding hydrogens is 412 g/mol. The number of rotatable bonds is 6. The standard InChI is InChI=1S/C16H16BrClN4OS/c1-8(2)10(19)6-11-12(17)13-14(23-11)15(22-16(18)21-13)20-7-9-4-3-5-24-9/h3-5,10H,1,6-7,19H2,2H3,(H,20,21,22)/t10-/m1/s1. The molecule has 0 fully saturated rings. The Hall–Kier alpha value is -1.41. The van der Waals surface area contributed by atoms with Crippen LogP contribution in [0.3, 0.4) is 0 Å². The first-order valence-corrected chi connectivity index (χ1v) is 9.32. The summed E-state index contributed by atoms with van der Waals surface area (Å²) in [5.41, 5.74) is 8.16. The number of nitrogens with zero attached hydrogens (tertiary/aromatic N) is 2. The van der Waals surface area contributed by atoms with Gasteiger partial charge in [0.05, 0.1) is 11.0 Å². The Morgan fingerprint density at radius 1 is 1.54 bits per heavy atom. The minimum atomic E-state index is -0.187. The molecule has 0 aliphatic carbocycles.